The number of amides is 1. The maximum absolute atomic E-state index is 12.4. The minimum absolute atomic E-state index is 0.133. The molecule has 2 heterocycles. The van der Waals surface area contributed by atoms with E-state index in [2.05, 4.69) is 4.98 Å². The van der Waals surface area contributed by atoms with Gasteiger partial charge in [0.2, 0.25) is 0 Å². The quantitative estimate of drug-likeness (QED) is 0.783. The molecule has 1 aliphatic heterocycles. The van der Waals surface area contributed by atoms with Crippen molar-refractivity contribution in [2.45, 2.75) is 58.6 Å². The summed E-state index contributed by atoms with van der Waals surface area (Å²) in [6.07, 6.45) is 2.48. The van der Waals surface area contributed by atoms with Crippen LogP contribution in [0, 0.1) is 0 Å². The summed E-state index contributed by atoms with van der Waals surface area (Å²) >= 11 is 1.39. The molecule has 1 amide bonds. The molecule has 2 rings (SSSR count). The van der Waals surface area contributed by atoms with Crippen LogP contribution in [0.5, 0.6) is 0 Å². The molecule has 0 radical (unpaired) electrons. The first-order valence-electron chi connectivity index (χ1n) is 7.94. The van der Waals surface area contributed by atoms with Crippen LogP contribution in [0.3, 0.4) is 0 Å². The number of likely N-dealkylation sites (tertiary alicyclic amines) is 1. The van der Waals surface area contributed by atoms with E-state index in [-0.39, 0.29) is 12.1 Å². The maximum Gasteiger partial charge on any atom is 0.410 e. The number of esters is 1. The van der Waals surface area contributed by atoms with Crippen LogP contribution in [0.15, 0.2) is 5.38 Å². The minimum atomic E-state index is -0.530. The zero-order valence-corrected chi connectivity index (χ0v) is 14.9. The van der Waals surface area contributed by atoms with Crippen LogP contribution in [0.25, 0.3) is 0 Å². The van der Waals surface area contributed by atoms with Crippen molar-refractivity contribution in [2.75, 3.05) is 13.2 Å². The SMILES string of the molecule is CCOC(=O)c1csc(C2CCCCN2C(=O)OC(C)(C)C)n1. The molecular formula is C16H24N2O4S. The Kier molecular flexibility index (Phi) is 5.62. The molecule has 1 aliphatic rings. The highest BCUT2D eigenvalue weighted by Crippen LogP contribution is 2.34. The molecule has 1 aromatic heterocycles. The van der Waals surface area contributed by atoms with Crippen LogP contribution >= 0.6 is 11.3 Å². The van der Waals surface area contributed by atoms with E-state index >= 15 is 0 Å². The Bertz CT molecular complexity index is 565. The van der Waals surface area contributed by atoms with E-state index in [1.165, 1.54) is 11.3 Å². The van der Waals surface area contributed by atoms with Crippen molar-refractivity contribution >= 4 is 23.4 Å². The molecule has 128 valence electrons. The smallest absolute Gasteiger partial charge is 0.410 e. The number of ether oxygens (including phenoxy) is 2. The third kappa shape index (κ3) is 4.67. The fourth-order valence-electron chi connectivity index (χ4n) is 2.47. The molecule has 1 fully saturated rings. The highest BCUT2D eigenvalue weighted by atomic mass is 32.1. The topological polar surface area (TPSA) is 68.7 Å². The Balaban J connectivity index is 2.15. The monoisotopic (exact) mass is 340 g/mol. The van der Waals surface area contributed by atoms with Gasteiger partial charge in [0.25, 0.3) is 0 Å². The Hall–Kier alpha value is -1.63. The van der Waals surface area contributed by atoms with Gasteiger partial charge in [-0.15, -0.1) is 11.3 Å². The number of hydrogen-bond donors (Lipinski definition) is 0. The van der Waals surface area contributed by atoms with Crippen molar-refractivity contribution in [3.05, 3.63) is 16.1 Å². The first-order chi connectivity index (χ1) is 10.8. The van der Waals surface area contributed by atoms with Crippen LogP contribution in [-0.4, -0.2) is 40.7 Å². The summed E-state index contributed by atoms with van der Waals surface area (Å²) in [5.41, 5.74) is -0.223. The van der Waals surface area contributed by atoms with E-state index in [0.717, 1.165) is 24.3 Å². The molecule has 23 heavy (non-hydrogen) atoms. The highest BCUT2D eigenvalue weighted by Gasteiger charge is 2.33. The first kappa shape index (κ1) is 17.7. The van der Waals surface area contributed by atoms with Gasteiger partial charge in [-0.25, -0.2) is 14.6 Å². The van der Waals surface area contributed by atoms with E-state index in [9.17, 15) is 9.59 Å². The van der Waals surface area contributed by atoms with Crippen LogP contribution in [0.2, 0.25) is 0 Å². The number of hydrogen-bond acceptors (Lipinski definition) is 6. The highest BCUT2D eigenvalue weighted by molar-refractivity contribution is 7.09. The molecule has 1 atom stereocenters. The number of rotatable bonds is 3. The number of carbonyl (C=O) groups excluding carboxylic acids is 2. The predicted octanol–water partition coefficient (Wildman–Crippen LogP) is 3.78. The van der Waals surface area contributed by atoms with Crippen LogP contribution in [0.4, 0.5) is 4.79 Å². The van der Waals surface area contributed by atoms with Gasteiger partial charge >= 0.3 is 12.1 Å². The number of piperidine rings is 1. The van der Waals surface area contributed by atoms with Gasteiger partial charge in [0.1, 0.15) is 10.6 Å². The zero-order valence-electron chi connectivity index (χ0n) is 14.1. The third-order valence-corrected chi connectivity index (χ3v) is 4.37. The summed E-state index contributed by atoms with van der Waals surface area (Å²) in [4.78, 5) is 30.3. The second-order valence-electron chi connectivity index (χ2n) is 6.48. The van der Waals surface area contributed by atoms with E-state index in [4.69, 9.17) is 9.47 Å². The summed E-state index contributed by atoms with van der Waals surface area (Å²) in [6.45, 7) is 8.29. The van der Waals surface area contributed by atoms with Crippen molar-refractivity contribution in [3.8, 4) is 0 Å². The lowest BCUT2D eigenvalue weighted by atomic mass is 10.0. The van der Waals surface area contributed by atoms with Crippen molar-refractivity contribution in [1.29, 1.82) is 0 Å². The lowest BCUT2D eigenvalue weighted by Gasteiger charge is -2.35. The molecule has 0 aromatic carbocycles. The summed E-state index contributed by atoms with van der Waals surface area (Å²) < 4.78 is 10.5. The Labute approximate surface area is 140 Å². The molecule has 0 N–H and O–H groups in total. The van der Waals surface area contributed by atoms with Gasteiger partial charge in [-0.1, -0.05) is 0 Å². The summed E-state index contributed by atoms with van der Waals surface area (Å²) in [7, 11) is 0. The maximum atomic E-state index is 12.4. The molecule has 1 saturated heterocycles. The van der Waals surface area contributed by atoms with Gasteiger partial charge in [0.15, 0.2) is 5.69 Å². The van der Waals surface area contributed by atoms with Crippen molar-refractivity contribution in [1.82, 2.24) is 9.88 Å². The van der Waals surface area contributed by atoms with Crippen LogP contribution in [-0.2, 0) is 9.47 Å². The fourth-order valence-corrected chi connectivity index (χ4v) is 3.40. The number of carbonyl (C=O) groups is 2. The molecule has 1 unspecified atom stereocenters. The Morgan fingerprint density at radius 2 is 2.13 bits per heavy atom. The Morgan fingerprint density at radius 3 is 2.78 bits per heavy atom. The molecule has 0 aliphatic carbocycles. The zero-order chi connectivity index (χ0) is 17.0. The van der Waals surface area contributed by atoms with Crippen molar-refractivity contribution < 1.29 is 19.1 Å². The van der Waals surface area contributed by atoms with E-state index < -0.39 is 11.6 Å². The van der Waals surface area contributed by atoms with Gasteiger partial charge in [0.05, 0.1) is 12.6 Å². The second kappa shape index (κ2) is 7.29. The molecule has 7 heteroatoms. The molecule has 0 saturated carbocycles. The predicted molar refractivity (Wildman–Crippen MR) is 87.6 cm³/mol. The first-order valence-corrected chi connectivity index (χ1v) is 8.82. The molecular weight excluding hydrogens is 316 g/mol. The lowest BCUT2D eigenvalue weighted by molar-refractivity contribution is 0.00948. The molecule has 0 spiro atoms. The summed E-state index contributed by atoms with van der Waals surface area (Å²) in [5, 5.41) is 2.45. The standard InChI is InChI=1S/C16H24N2O4S/c1-5-21-14(19)11-10-23-13(17-11)12-8-6-7-9-18(12)15(20)22-16(2,3)4/h10,12H,5-9H2,1-4H3. The normalized spacial score (nSPS) is 18.6. The third-order valence-electron chi connectivity index (χ3n) is 3.42. The average Bonchev–Trinajstić information content (AvgIpc) is 2.95. The van der Waals surface area contributed by atoms with E-state index in [0.29, 0.717) is 18.8 Å². The van der Waals surface area contributed by atoms with Gasteiger partial charge in [-0.2, -0.15) is 0 Å². The molecule has 1 aromatic rings. The largest absolute Gasteiger partial charge is 0.461 e. The minimum Gasteiger partial charge on any atom is -0.461 e. The van der Waals surface area contributed by atoms with Gasteiger partial charge in [0, 0.05) is 11.9 Å². The van der Waals surface area contributed by atoms with Crippen LogP contribution < -0.4 is 0 Å². The summed E-state index contributed by atoms with van der Waals surface area (Å²) in [5.74, 6) is -0.422. The van der Waals surface area contributed by atoms with E-state index in [1.807, 2.05) is 20.8 Å². The van der Waals surface area contributed by atoms with Gasteiger partial charge < -0.3 is 9.47 Å². The van der Waals surface area contributed by atoms with E-state index in [1.54, 1.807) is 17.2 Å². The molecule has 0 bridgehead atoms. The number of thiazole rings is 1. The number of nitrogens with zero attached hydrogens (tertiary/aromatic N) is 2. The summed E-state index contributed by atoms with van der Waals surface area (Å²) in [6, 6.07) is -0.133. The number of aromatic nitrogens is 1. The van der Waals surface area contributed by atoms with Gasteiger partial charge in [-0.05, 0) is 47.0 Å². The average molecular weight is 340 g/mol. The van der Waals surface area contributed by atoms with Crippen molar-refractivity contribution in [2.24, 2.45) is 0 Å². The van der Waals surface area contributed by atoms with Crippen LogP contribution in [0.1, 0.15) is 68.5 Å². The van der Waals surface area contributed by atoms with Gasteiger partial charge in [-0.3, -0.25) is 4.90 Å². The second-order valence-corrected chi connectivity index (χ2v) is 7.37. The lowest BCUT2D eigenvalue weighted by Crippen LogP contribution is -2.41. The van der Waals surface area contributed by atoms with Crippen molar-refractivity contribution in [3.63, 3.8) is 0 Å². The fraction of sp³-hybridized carbons (Fsp3) is 0.688. The Morgan fingerprint density at radius 1 is 1.39 bits per heavy atom. The molecule has 6 nitrogen and oxygen atoms in total.